The molecule has 2 aromatic heterocycles. The van der Waals surface area contributed by atoms with Crippen LogP contribution in [-0.2, 0) is 19.3 Å². The molecule has 4 heteroatoms. The summed E-state index contributed by atoms with van der Waals surface area (Å²) in [5, 5.41) is 4.84. The highest BCUT2D eigenvalue weighted by Crippen LogP contribution is 2.44. The number of anilines is 2. The summed E-state index contributed by atoms with van der Waals surface area (Å²) >= 11 is 1.86. The summed E-state index contributed by atoms with van der Waals surface area (Å²) in [7, 11) is 0. The molecule has 26 heavy (non-hydrogen) atoms. The zero-order valence-electron chi connectivity index (χ0n) is 16.1. The van der Waals surface area contributed by atoms with E-state index in [-0.39, 0.29) is 0 Å². The molecule has 3 nitrogen and oxygen atoms in total. The summed E-state index contributed by atoms with van der Waals surface area (Å²) < 4.78 is 0. The van der Waals surface area contributed by atoms with Gasteiger partial charge in [-0.15, -0.1) is 11.3 Å². The van der Waals surface area contributed by atoms with Crippen molar-refractivity contribution >= 4 is 33.1 Å². The van der Waals surface area contributed by atoms with E-state index in [4.69, 9.17) is 0 Å². The average Bonchev–Trinajstić information content (AvgIpc) is 3.00. The Morgan fingerprint density at radius 3 is 2.77 bits per heavy atom. The van der Waals surface area contributed by atoms with Gasteiger partial charge in [0.25, 0.3) is 0 Å². The summed E-state index contributed by atoms with van der Waals surface area (Å²) in [6.07, 6.45) is 6.26. The van der Waals surface area contributed by atoms with Crippen LogP contribution in [0, 0.1) is 11.3 Å². The average molecular weight is 366 g/mol. The maximum Gasteiger partial charge on any atom is 0.142 e. The molecule has 1 aliphatic carbocycles. The number of thiophene rings is 1. The second-order valence-corrected chi connectivity index (χ2v) is 9.43. The van der Waals surface area contributed by atoms with Crippen LogP contribution in [0.4, 0.5) is 11.5 Å². The molecule has 0 spiro atoms. The fourth-order valence-electron chi connectivity index (χ4n) is 4.02. The number of aromatic nitrogens is 2. The maximum absolute atomic E-state index is 4.61. The van der Waals surface area contributed by atoms with Crippen molar-refractivity contribution in [3.8, 4) is 0 Å². The molecule has 0 aliphatic heterocycles. The van der Waals surface area contributed by atoms with E-state index in [1.54, 1.807) is 6.33 Å². The first-order valence-corrected chi connectivity index (χ1v) is 10.4. The topological polar surface area (TPSA) is 37.8 Å². The standard InChI is InChI=1S/C22H27N3S/c1-5-14-8-6-7-9-17(14)25-20-19-16-11-10-15(22(2,3)4)12-18(16)26-21(19)24-13-23-20/h6-9,13,15H,5,10-12H2,1-4H3,(H,23,24,25). The summed E-state index contributed by atoms with van der Waals surface area (Å²) in [4.78, 5) is 11.8. The molecule has 0 radical (unpaired) electrons. The number of nitrogens with zero attached hydrogens (tertiary/aromatic N) is 2. The van der Waals surface area contributed by atoms with Crippen molar-refractivity contribution in [2.75, 3.05) is 5.32 Å². The van der Waals surface area contributed by atoms with Crippen LogP contribution in [0.2, 0.25) is 0 Å². The lowest BCUT2D eigenvalue weighted by atomic mass is 9.72. The summed E-state index contributed by atoms with van der Waals surface area (Å²) in [5.41, 5.74) is 4.30. The molecule has 1 unspecified atom stereocenters. The van der Waals surface area contributed by atoms with E-state index in [1.165, 1.54) is 34.2 Å². The Hall–Kier alpha value is -1.94. The Kier molecular flexibility index (Phi) is 4.47. The van der Waals surface area contributed by atoms with Crippen LogP contribution in [0.1, 0.15) is 50.1 Å². The number of rotatable bonds is 3. The van der Waals surface area contributed by atoms with Crippen LogP contribution < -0.4 is 5.32 Å². The van der Waals surface area contributed by atoms with Gasteiger partial charge in [-0.3, -0.25) is 0 Å². The normalized spacial score (nSPS) is 17.3. The molecule has 2 heterocycles. The van der Waals surface area contributed by atoms with Gasteiger partial charge in [-0.05, 0) is 54.2 Å². The van der Waals surface area contributed by atoms with Crippen molar-refractivity contribution < 1.29 is 0 Å². The Labute approximate surface area is 159 Å². The van der Waals surface area contributed by atoms with E-state index in [0.29, 0.717) is 5.41 Å². The molecule has 0 saturated carbocycles. The second-order valence-electron chi connectivity index (χ2n) is 8.35. The molecule has 4 rings (SSSR count). The van der Waals surface area contributed by atoms with Crippen LogP contribution in [0.15, 0.2) is 30.6 Å². The van der Waals surface area contributed by atoms with Gasteiger partial charge in [-0.1, -0.05) is 45.9 Å². The Morgan fingerprint density at radius 2 is 2.00 bits per heavy atom. The first kappa shape index (κ1) is 17.5. The minimum atomic E-state index is 0.362. The van der Waals surface area contributed by atoms with E-state index < -0.39 is 0 Å². The van der Waals surface area contributed by atoms with E-state index in [9.17, 15) is 0 Å². The Morgan fingerprint density at radius 1 is 1.19 bits per heavy atom. The molecule has 1 N–H and O–H groups in total. The molecule has 0 amide bonds. The minimum absolute atomic E-state index is 0.362. The fraction of sp³-hybridized carbons (Fsp3) is 0.455. The number of para-hydroxylation sites is 1. The van der Waals surface area contributed by atoms with Crippen molar-refractivity contribution in [2.45, 2.75) is 53.4 Å². The van der Waals surface area contributed by atoms with E-state index in [1.807, 2.05) is 11.3 Å². The third kappa shape index (κ3) is 3.11. The summed E-state index contributed by atoms with van der Waals surface area (Å²) in [6.45, 7) is 9.29. The molecule has 136 valence electrons. The third-order valence-corrected chi connectivity index (χ3v) is 6.88. The minimum Gasteiger partial charge on any atom is -0.339 e. The van der Waals surface area contributed by atoms with Gasteiger partial charge in [-0.25, -0.2) is 9.97 Å². The van der Waals surface area contributed by atoms with E-state index >= 15 is 0 Å². The molecule has 0 saturated heterocycles. The van der Waals surface area contributed by atoms with Crippen LogP contribution in [-0.4, -0.2) is 9.97 Å². The Balaban J connectivity index is 1.75. The van der Waals surface area contributed by atoms with Crippen molar-refractivity contribution in [2.24, 2.45) is 11.3 Å². The lowest BCUT2D eigenvalue weighted by molar-refractivity contribution is 0.218. The lowest BCUT2D eigenvalue weighted by Gasteiger charge is -2.33. The second kappa shape index (κ2) is 6.66. The molecule has 3 aromatic rings. The largest absolute Gasteiger partial charge is 0.339 e. The highest BCUT2D eigenvalue weighted by atomic mass is 32.1. The number of hydrogen-bond donors (Lipinski definition) is 1. The van der Waals surface area contributed by atoms with Crippen LogP contribution in [0.3, 0.4) is 0 Å². The number of fused-ring (bicyclic) bond motifs is 3. The van der Waals surface area contributed by atoms with Gasteiger partial charge in [-0.2, -0.15) is 0 Å². The number of benzene rings is 1. The quantitative estimate of drug-likeness (QED) is 0.605. The molecule has 0 fully saturated rings. The smallest absolute Gasteiger partial charge is 0.142 e. The fourth-order valence-corrected chi connectivity index (χ4v) is 5.29. The molecule has 1 aromatic carbocycles. The highest BCUT2D eigenvalue weighted by Gasteiger charge is 2.31. The molecule has 1 atom stereocenters. The summed E-state index contributed by atoms with van der Waals surface area (Å²) in [6, 6.07) is 8.49. The van der Waals surface area contributed by atoms with Gasteiger partial charge in [0.2, 0.25) is 0 Å². The van der Waals surface area contributed by atoms with Crippen molar-refractivity contribution in [1.82, 2.24) is 9.97 Å². The monoisotopic (exact) mass is 365 g/mol. The van der Waals surface area contributed by atoms with Gasteiger partial charge in [0.1, 0.15) is 17.0 Å². The lowest BCUT2D eigenvalue weighted by Crippen LogP contribution is -2.26. The van der Waals surface area contributed by atoms with Gasteiger partial charge in [0, 0.05) is 10.6 Å². The predicted molar refractivity (Wildman–Crippen MR) is 111 cm³/mol. The first-order valence-electron chi connectivity index (χ1n) is 9.57. The summed E-state index contributed by atoms with van der Waals surface area (Å²) in [5.74, 6) is 1.70. The van der Waals surface area contributed by atoms with E-state index in [2.05, 4.69) is 67.2 Å². The van der Waals surface area contributed by atoms with Gasteiger partial charge in [0.15, 0.2) is 0 Å². The van der Waals surface area contributed by atoms with Gasteiger partial charge in [0.05, 0.1) is 5.39 Å². The van der Waals surface area contributed by atoms with Crippen molar-refractivity contribution in [1.29, 1.82) is 0 Å². The van der Waals surface area contributed by atoms with Gasteiger partial charge >= 0.3 is 0 Å². The van der Waals surface area contributed by atoms with E-state index in [0.717, 1.165) is 35.1 Å². The zero-order chi connectivity index (χ0) is 18.3. The maximum atomic E-state index is 4.61. The SMILES string of the molecule is CCc1ccccc1Nc1ncnc2sc3c(c12)CCC(C(C)(C)C)C3. The zero-order valence-corrected chi connectivity index (χ0v) is 16.9. The number of hydrogen-bond acceptors (Lipinski definition) is 4. The van der Waals surface area contributed by atoms with Crippen LogP contribution >= 0.6 is 11.3 Å². The number of nitrogens with one attached hydrogen (secondary N) is 1. The van der Waals surface area contributed by atoms with Crippen LogP contribution in [0.25, 0.3) is 10.2 Å². The third-order valence-electron chi connectivity index (χ3n) is 5.72. The molecular formula is C22H27N3S. The van der Waals surface area contributed by atoms with Crippen molar-refractivity contribution in [3.05, 3.63) is 46.6 Å². The molecule has 0 bridgehead atoms. The van der Waals surface area contributed by atoms with Gasteiger partial charge < -0.3 is 5.32 Å². The predicted octanol–water partition coefficient (Wildman–Crippen LogP) is 6.15. The molecular weight excluding hydrogens is 338 g/mol. The number of aryl methyl sites for hydroxylation is 2. The molecule has 1 aliphatic rings. The van der Waals surface area contributed by atoms with Crippen molar-refractivity contribution in [3.63, 3.8) is 0 Å². The first-order chi connectivity index (χ1) is 12.5. The van der Waals surface area contributed by atoms with Crippen LogP contribution in [0.5, 0.6) is 0 Å². The Bertz CT molecular complexity index is 936. The highest BCUT2D eigenvalue weighted by molar-refractivity contribution is 7.19.